The molecule has 0 saturated heterocycles. The highest BCUT2D eigenvalue weighted by molar-refractivity contribution is 14.0. The third kappa shape index (κ3) is 5.35. The van der Waals surface area contributed by atoms with E-state index in [2.05, 4.69) is 26.9 Å². The van der Waals surface area contributed by atoms with Crippen molar-refractivity contribution in [1.82, 2.24) is 15.6 Å². The van der Waals surface area contributed by atoms with Gasteiger partial charge in [-0.3, -0.25) is 4.99 Å². The largest absolute Gasteiger partial charge is 0.361 e. The molecular formula is C15H22FIN4S. The average molecular weight is 436 g/mol. The van der Waals surface area contributed by atoms with E-state index < -0.39 is 0 Å². The Balaban J connectivity index is 0.00000242. The van der Waals surface area contributed by atoms with Gasteiger partial charge in [-0.1, -0.05) is 0 Å². The van der Waals surface area contributed by atoms with E-state index >= 15 is 0 Å². The number of hydrogen-bond donors (Lipinski definition) is 3. The normalized spacial score (nSPS) is 11.3. The maximum absolute atomic E-state index is 13.3. The molecular weight excluding hydrogens is 414 g/mol. The fraction of sp³-hybridized carbons (Fsp3) is 0.400. The zero-order valence-corrected chi connectivity index (χ0v) is 15.9. The molecule has 0 radical (unpaired) electrons. The molecule has 0 bridgehead atoms. The number of nitrogens with one attached hydrogen (secondary N) is 3. The van der Waals surface area contributed by atoms with E-state index in [0.29, 0.717) is 0 Å². The molecule has 0 aliphatic rings. The van der Waals surface area contributed by atoms with Gasteiger partial charge in [-0.05, 0) is 36.4 Å². The minimum absolute atomic E-state index is 0. The van der Waals surface area contributed by atoms with Gasteiger partial charge < -0.3 is 15.6 Å². The number of guanidine groups is 1. The van der Waals surface area contributed by atoms with E-state index in [1.807, 2.05) is 6.20 Å². The molecule has 2 aromatic rings. The van der Waals surface area contributed by atoms with E-state index in [9.17, 15) is 4.39 Å². The summed E-state index contributed by atoms with van der Waals surface area (Å²) in [4.78, 5) is 7.34. The molecule has 0 atom stereocenters. The van der Waals surface area contributed by atoms with Gasteiger partial charge in [-0.25, -0.2) is 4.39 Å². The van der Waals surface area contributed by atoms with Crippen molar-refractivity contribution in [3.63, 3.8) is 0 Å². The number of aromatic nitrogens is 1. The van der Waals surface area contributed by atoms with Gasteiger partial charge in [0.1, 0.15) is 5.82 Å². The average Bonchev–Trinajstić information content (AvgIpc) is 2.88. The summed E-state index contributed by atoms with van der Waals surface area (Å²) in [5.41, 5.74) is 2.07. The molecule has 1 aromatic carbocycles. The lowest BCUT2D eigenvalue weighted by Gasteiger charge is -2.11. The van der Waals surface area contributed by atoms with Gasteiger partial charge in [0.2, 0.25) is 0 Å². The maximum Gasteiger partial charge on any atom is 0.191 e. The van der Waals surface area contributed by atoms with Crippen LogP contribution in [-0.4, -0.2) is 43.1 Å². The molecule has 0 unspecified atom stereocenters. The number of hydrogen-bond acceptors (Lipinski definition) is 2. The predicted molar refractivity (Wildman–Crippen MR) is 105 cm³/mol. The molecule has 122 valence electrons. The summed E-state index contributed by atoms with van der Waals surface area (Å²) < 4.78 is 13.3. The standard InChI is InChI=1S/C15H21FN4S.HI/c1-17-15(19-7-8-21-2)18-6-5-11-10-20-14-4-3-12(16)9-13(11)14;/h3-4,9-10,20H,5-8H2,1-2H3,(H2,17,18,19);1H. The van der Waals surface area contributed by atoms with Gasteiger partial charge in [-0.15, -0.1) is 24.0 Å². The quantitative estimate of drug-likeness (QED) is 0.283. The Bertz CT molecular complexity index is 615. The molecule has 0 spiro atoms. The van der Waals surface area contributed by atoms with Crippen LogP contribution in [0.1, 0.15) is 5.56 Å². The van der Waals surface area contributed by atoms with Crippen LogP contribution in [0.3, 0.4) is 0 Å². The van der Waals surface area contributed by atoms with Crippen molar-refractivity contribution in [1.29, 1.82) is 0 Å². The number of benzene rings is 1. The van der Waals surface area contributed by atoms with E-state index in [1.54, 1.807) is 30.9 Å². The lowest BCUT2D eigenvalue weighted by atomic mass is 10.1. The number of aromatic amines is 1. The number of nitrogens with zero attached hydrogens (tertiary/aromatic N) is 1. The van der Waals surface area contributed by atoms with Crippen molar-refractivity contribution >= 4 is 52.6 Å². The molecule has 4 nitrogen and oxygen atoms in total. The Morgan fingerprint density at radius 3 is 2.82 bits per heavy atom. The van der Waals surface area contributed by atoms with Crippen molar-refractivity contribution < 1.29 is 4.39 Å². The number of H-pyrrole nitrogens is 1. The van der Waals surface area contributed by atoms with E-state index in [4.69, 9.17) is 0 Å². The van der Waals surface area contributed by atoms with Crippen LogP contribution in [0.2, 0.25) is 0 Å². The van der Waals surface area contributed by atoms with Crippen LogP contribution in [0.5, 0.6) is 0 Å². The van der Waals surface area contributed by atoms with Crippen LogP contribution >= 0.6 is 35.7 Å². The molecule has 0 fully saturated rings. The molecule has 1 heterocycles. The Morgan fingerprint density at radius 1 is 1.32 bits per heavy atom. The van der Waals surface area contributed by atoms with E-state index in [0.717, 1.165) is 47.7 Å². The van der Waals surface area contributed by atoms with Crippen molar-refractivity contribution in [3.05, 3.63) is 35.8 Å². The monoisotopic (exact) mass is 436 g/mol. The molecule has 7 heteroatoms. The molecule has 3 N–H and O–H groups in total. The summed E-state index contributed by atoms with van der Waals surface area (Å²) in [5.74, 6) is 1.64. The fourth-order valence-corrected chi connectivity index (χ4v) is 2.47. The molecule has 2 rings (SSSR count). The van der Waals surface area contributed by atoms with Crippen LogP contribution in [0.15, 0.2) is 29.4 Å². The topological polar surface area (TPSA) is 52.2 Å². The second-order valence-electron chi connectivity index (χ2n) is 4.67. The summed E-state index contributed by atoms with van der Waals surface area (Å²) >= 11 is 1.79. The zero-order chi connectivity index (χ0) is 15.1. The van der Waals surface area contributed by atoms with Crippen LogP contribution in [0.25, 0.3) is 10.9 Å². The summed E-state index contributed by atoms with van der Waals surface area (Å²) in [5, 5.41) is 7.46. The van der Waals surface area contributed by atoms with E-state index in [-0.39, 0.29) is 29.8 Å². The molecule has 0 aliphatic carbocycles. The predicted octanol–water partition coefficient (Wildman–Crippen LogP) is 3.00. The smallest absolute Gasteiger partial charge is 0.191 e. The van der Waals surface area contributed by atoms with Gasteiger partial charge in [-0.2, -0.15) is 11.8 Å². The van der Waals surface area contributed by atoms with Crippen molar-refractivity contribution in [2.24, 2.45) is 4.99 Å². The fourth-order valence-electron chi connectivity index (χ4n) is 2.17. The summed E-state index contributed by atoms with van der Waals surface area (Å²) in [6, 6.07) is 4.82. The van der Waals surface area contributed by atoms with Gasteiger partial charge in [0.15, 0.2) is 5.96 Å². The first-order chi connectivity index (χ1) is 10.2. The highest BCUT2D eigenvalue weighted by atomic mass is 127. The third-order valence-corrected chi connectivity index (χ3v) is 3.85. The van der Waals surface area contributed by atoms with Gasteiger partial charge in [0, 0.05) is 43.0 Å². The number of halogens is 2. The van der Waals surface area contributed by atoms with Gasteiger partial charge >= 0.3 is 0 Å². The highest BCUT2D eigenvalue weighted by Gasteiger charge is 2.05. The van der Waals surface area contributed by atoms with Crippen LogP contribution < -0.4 is 10.6 Å². The zero-order valence-electron chi connectivity index (χ0n) is 12.8. The van der Waals surface area contributed by atoms with Crippen molar-refractivity contribution in [2.45, 2.75) is 6.42 Å². The second kappa shape index (κ2) is 9.94. The molecule has 0 amide bonds. The maximum atomic E-state index is 13.3. The first kappa shape index (κ1) is 19.1. The highest BCUT2D eigenvalue weighted by Crippen LogP contribution is 2.19. The van der Waals surface area contributed by atoms with Crippen LogP contribution in [-0.2, 0) is 6.42 Å². The minimum atomic E-state index is -0.203. The number of fused-ring (bicyclic) bond motifs is 1. The van der Waals surface area contributed by atoms with Gasteiger partial charge in [0.05, 0.1) is 0 Å². The van der Waals surface area contributed by atoms with Crippen LogP contribution in [0.4, 0.5) is 4.39 Å². The first-order valence-electron chi connectivity index (χ1n) is 6.93. The number of thioether (sulfide) groups is 1. The SMILES string of the molecule is CN=C(NCCSC)NCCc1c[nH]c2ccc(F)cc12.I. The Labute approximate surface area is 151 Å². The van der Waals surface area contributed by atoms with E-state index in [1.165, 1.54) is 6.07 Å². The summed E-state index contributed by atoms with van der Waals surface area (Å²) in [6.45, 7) is 1.64. The summed E-state index contributed by atoms with van der Waals surface area (Å²) in [6.07, 6.45) is 4.83. The lowest BCUT2D eigenvalue weighted by molar-refractivity contribution is 0.629. The number of aliphatic imine (C=N–C) groups is 1. The first-order valence-corrected chi connectivity index (χ1v) is 8.33. The molecule has 0 saturated carbocycles. The van der Waals surface area contributed by atoms with Gasteiger partial charge in [0.25, 0.3) is 0 Å². The van der Waals surface area contributed by atoms with Crippen molar-refractivity contribution in [2.75, 3.05) is 32.1 Å². The van der Waals surface area contributed by atoms with Crippen molar-refractivity contribution in [3.8, 4) is 0 Å². The Hall–Kier alpha value is -0.960. The summed E-state index contributed by atoms with van der Waals surface area (Å²) in [7, 11) is 1.76. The second-order valence-corrected chi connectivity index (χ2v) is 5.66. The Morgan fingerprint density at radius 2 is 2.09 bits per heavy atom. The molecule has 1 aromatic heterocycles. The lowest BCUT2D eigenvalue weighted by Crippen LogP contribution is -2.39. The Kier molecular flexibility index (Phi) is 8.62. The molecule has 22 heavy (non-hydrogen) atoms. The molecule has 0 aliphatic heterocycles. The number of rotatable bonds is 6. The minimum Gasteiger partial charge on any atom is -0.361 e. The third-order valence-electron chi connectivity index (χ3n) is 3.24. The van der Waals surface area contributed by atoms with Crippen LogP contribution in [0, 0.1) is 5.82 Å².